The van der Waals surface area contributed by atoms with Gasteiger partial charge >= 0.3 is 0 Å². The predicted octanol–water partition coefficient (Wildman–Crippen LogP) is 2.34. The van der Waals surface area contributed by atoms with Crippen molar-refractivity contribution in [3.8, 4) is 0 Å². The number of rotatable bonds is 3. The van der Waals surface area contributed by atoms with Gasteiger partial charge < -0.3 is 4.90 Å². The van der Waals surface area contributed by atoms with E-state index >= 15 is 0 Å². The number of nitrogens with zero attached hydrogens (tertiary/aromatic N) is 3. The molecule has 0 atom stereocenters. The van der Waals surface area contributed by atoms with Crippen LogP contribution in [0.3, 0.4) is 0 Å². The van der Waals surface area contributed by atoms with Gasteiger partial charge in [-0.1, -0.05) is 27.7 Å². The second-order valence-corrected chi connectivity index (χ2v) is 5.49. The normalized spacial score (nSPS) is 24.7. The average molecular weight is 255 g/mol. The Morgan fingerprint density at radius 1 is 0.778 bits per heavy atom. The molecule has 0 unspecified atom stereocenters. The fourth-order valence-electron chi connectivity index (χ4n) is 2.73. The zero-order valence-electron chi connectivity index (χ0n) is 13.0. The maximum absolute atomic E-state index is 2.64. The van der Waals surface area contributed by atoms with E-state index in [2.05, 4.69) is 28.5 Å². The van der Waals surface area contributed by atoms with Crippen molar-refractivity contribution < 1.29 is 0 Å². The number of likely N-dealkylation sites (N-methyl/N-ethyl adjacent to an activating group) is 1. The summed E-state index contributed by atoms with van der Waals surface area (Å²) < 4.78 is 0. The quantitative estimate of drug-likeness (QED) is 0.766. The maximum atomic E-state index is 2.64. The van der Waals surface area contributed by atoms with Crippen LogP contribution in [-0.4, -0.2) is 67.2 Å². The van der Waals surface area contributed by atoms with Gasteiger partial charge in [-0.25, -0.2) is 0 Å². The van der Waals surface area contributed by atoms with Gasteiger partial charge in [0.25, 0.3) is 0 Å². The van der Waals surface area contributed by atoms with E-state index in [4.69, 9.17) is 0 Å². The minimum absolute atomic E-state index is 0.952. The van der Waals surface area contributed by atoms with Gasteiger partial charge in [0, 0.05) is 26.2 Å². The first kappa shape index (κ1) is 15.9. The van der Waals surface area contributed by atoms with Crippen molar-refractivity contribution in [2.75, 3.05) is 52.5 Å². The lowest BCUT2D eigenvalue weighted by Crippen LogP contribution is -2.50. The van der Waals surface area contributed by atoms with E-state index in [0.717, 1.165) is 5.92 Å². The van der Waals surface area contributed by atoms with Gasteiger partial charge in [-0.05, 0) is 38.4 Å². The molecule has 2 rings (SSSR count). The molecular weight excluding hydrogens is 222 g/mol. The second-order valence-electron chi connectivity index (χ2n) is 5.49. The van der Waals surface area contributed by atoms with Crippen LogP contribution in [0.2, 0.25) is 0 Å². The molecule has 2 aliphatic rings. The third-order valence-electron chi connectivity index (χ3n) is 4.19. The van der Waals surface area contributed by atoms with E-state index in [1.165, 1.54) is 65.3 Å². The third kappa shape index (κ3) is 5.25. The van der Waals surface area contributed by atoms with E-state index in [-0.39, 0.29) is 0 Å². The standard InChI is InChI=1S/C13H27N3.C2H6/c1-3-14-8-10-16(11-9-14)12-15-6-4-13(2)5-7-15;1-2/h13H,3-12H2,1-2H3;1-2H3. The molecule has 3 heteroatoms. The number of piperazine rings is 1. The topological polar surface area (TPSA) is 9.72 Å². The fourth-order valence-corrected chi connectivity index (χ4v) is 2.73. The summed E-state index contributed by atoms with van der Waals surface area (Å²) in [6.07, 6.45) is 2.80. The summed E-state index contributed by atoms with van der Waals surface area (Å²) in [5.74, 6) is 0.952. The van der Waals surface area contributed by atoms with Crippen LogP contribution >= 0.6 is 0 Å². The van der Waals surface area contributed by atoms with E-state index in [1.54, 1.807) is 0 Å². The molecule has 0 aromatic carbocycles. The fraction of sp³-hybridized carbons (Fsp3) is 1.00. The van der Waals surface area contributed by atoms with Crippen LogP contribution in [0.1, 0.15) is 40.5 Å². The third-order valence-corrected chi connectivity index (χ3v) is 4.19. The number of hydrogen-bond donors (Lipinski definition) is 0. The smallest absolute Gasteiger partial charge is 0.0507 e. The summed E-state index contributed by atoms with van der Waals surface area (Å²) in [5, 5.41) is 0. The summed E-state index contributed by atoms with van der Waals surface area (Å²) in [6.45, 7) is 18.8. The van der Waals surface area contributed by atoms with Crippen LogP contribution < -0.4 is 0 Å². The Bertz CT molecular complexity index is 192. The Labute approximate surface area is 114 Å². The van der Waals surface area contributed by atoms with E-state index < -0.39 is 0 Å². The molecule has 3 nitrogen and oxygen atoms in total. The zero-order valence-corrected chi connectivity index (χ0v) is 13.0. The predicted molar refractivity (Wildman–Crippen MR) is 79.9 cm³/mol. The van der Waals surface area contributed by atoms with E-state index in [9.17, 15) is 0 Å². The Morgan fingerprint density at radius 2 is 1.22 bits per heavy atom. The highest BCUT2D eigenvalue weighted by molar-refractivity contribution is 4.74. The van der Waals surface area contributed by atoms with Gasteiger partial charge in [-0.2, -0.15) is 0 Å². The van der Waals surface area contributed by atoms with Crippen molar-refractivity contribution in [3.05, 3.63) is 0 Å². The summed E-state index contributed by atoms with van der Waals surface area (Å²) >= 11 is 0. The van der Waals surface area contributed by atoms with E-state index in [1.807, 2.05) is 13.8 Å². The van der Waals surface area contributed by atoms with Crippen LogP contribution in [0, 0.1) is 5.92 Å². The van der Waals surface area contributed by atoms with E-state index in [0.29, 0.717) is 0 Å². The van der Waals surface area contributed by atoms with Crippen LogP contribution in [0.5, 0.6) is 0 Å². The molecule has 18 heavy (non-hydrogen) atoms. The van der Waals surface area contributed by atoms with Gasteiger partial charge in [-0.15, -0.1) is 0 Å². The lowest BCUT2D eigenvalue weighted by atomic mass is 10.00. The molecule has 0 spiro atoms. The summed E-state index contributed by atoms with van der Waals surface area (Å²) in [6, 6.07) is 0. The molecule has 2 fully saturated rings. The molecular formula is C15H33N3. The first-order valence-corrected chi connectivity index (χ1v) is 7.95. The first-order chi connectivity index (χ1) is 8.78. The molecule has 0 saturated carbocycles. The molecule has 108 valence electrons. The molecule has 0 N–H and O–H groups in total. The molecule has 0 radical (unpaired) electrons. The van der Waals surface area contributed by atoms with Crippen LogP contribution in [0.25, 0.3) is 0 Å². The minimum Gasteiger partial charge on any atom is -0.301 e. The zero-order chi connectivity index (χ0) is 13.4. The van der Waals surface area contributed by atoms with Crippen LogP contribution in [0.4, 0.5) is 0 Å². The van der Waals surface area contributed by atoms with Gasteiger partial charge in [0.15, 0.2) is 0 Å². The monoisotopic (exact) mass is 255 g/mol. The largest absolute Gasteiger partial charge is 0.301 e. The van der Waals surface area contributed by atoms with Crippen molar-refractivity contribution in [1.29, 1.82) is 0 Å². The van der Waals surface area contributed by atoms with Crippen molar-refractivity contribution >= 4 is 0 Å². The Morgan fingerprint density at radius 3 is 1.72 bits per heavy atom. The Kier molecular flexibility index (Phi) is 7.87. The van der Waals surface area contributed by atoms with Gasteiger partial charge in [-0.3, -0.25) is 9.80 Å². The SMILES string of the molecule is CC.CCN1CCN(CN2CCC(C)CC2)CC1. The van der Waals surface area contributed by atoms with Gasteiger partial charge in [0.2, 0.25) is 0 Å². The number of likely N-dealkylation sites (tertiary alicyclic amines) is 1. The Balaban J connectivity index is 0.000000771. The lowest BCUT2D eigenvalue weighted by Gasteiger charge is -2.39. The van der Waals surface area contributed by atoms with Gasteiger partial charge in [0.05, 0.1) is 6.67 Å². The highest BCUT2D eigenvalue weighted by Crippen LogP contribution is 2.16. The lowest BCUT2D eigenvalue weighted by molar-refractivity contribution is 0.0592. The number of hydrogen-bond acceptors (Lipinski definition) is 3. The summed E-state index contributed by atoms with van der Waals surface area (Å²) in [4.78, 5) is 7.82. The van der Waals surface area contributed by atoms with Crippen molar-refractivity contribution in [1.82, 2.24) is 14.7 Å². The Hall–Kier alpha value is -0.120. The molecule has 0 aromatic rings. The minimum atomic E-state index is 0.952. The molecule has 0 aliphatic carbocycles. The maximum Gasteiger partial charge on any atom is 0.0507 e. The molecule has 0 bridgehead atoms. The number of piperidine rings is 1. The molecule has 0 amide bonds. The molecule has 0 aromatic heterocycles. The second kappa shape index (κ2) is 8.89. The van der Waals surface area contributed by atoms with Crippen molar-refractivity contribution in [2.24, 2.45) is 5.92 Å². The van der Waals surface area contributed by atoms with Crippen LogP contribution in [0.15, 0.2) is 0 Å². The molecule has 2 saturated heterocycles. The highest BCUT2D eigenvalue weighted by Gasteiger charge is 2.20. The summed E-state index contributed by atoms with van der Waals surface area (Å²) in [7, 11) is 0. The molecule has 2 heterocycles. The van der Waals surface area contributed by atoms with Crippen molar-refractivity contribution in [3.63, 3.8) is 0 Å². The first-order valence-electron chi connectivity index (χ1n) is 7.95. The summed E-state index contributed by atoms with van der Waals surface area (Å²) in [5.41, 5.74) is 0. The highest BCUT2D eigenvalue weighted by atomic mass is 15.3. The average Bonchev–Trinajstić information content (AvgIpc) is 2.44. The molecule has 2 aliphatic heterocycles. The van der Waals surface area contributed by atoms with Crippen LogP contribution in [-0.2, 0) is 0 Å². The van der Waals surface area contributed by atoms with Crippen molar-refractivity contribution in [2.45, 2.75) is 40.5 Å². The van der Waals surface area contributed by atoms with Gasteiger partial charge in [0.1, 0.15) is 0 Å².